The summed E-state index contributed by atoms with van der Waals surface area (Å²) in [5.41, 5.74) is 5.64. The number of aryl methyl sites for hydroxylation is 2. The zero-order valence-electron chi connectivity index (χ0n) is 17.4. The minimum atomic E-state index is -0.0422. The molecule has 0 saturated carbocycles. The molecule has 2 N–H and O–H groups in total. The number of hydrogen-bond acceptors (Lipinski definition) is 3. The van der Waals surface area contributed by atoms with Crippen LogP contribution < -0.4 is 10.1 Å². The number of aromatic amines is 1. The Morgan fingerprint density at radius 2 is 1.97 bits per heavy atom. The van der Waals surface area contributed by atoms with Crippen LogP contribution in [-0.2, 0) is 12.8 Å². The van der Waals surface area contributed by atoms with Gasteiger partial charge in [0.05, 0.1) is 13.2 Å². The third-order valence-electron chi connectivity index (χ3n) is 5.94. The zero-order chi connectivity index (χ0) is 20.4. The van der Waals surface area contributed by atoms with Crippen LogP contribution in [0.15, 0.2) is 42.5 Å². The standard InChI is InChI=1S/C24H29N3O2/c1-27(2)22(18-9-5-7-11-23(18)29-3)15-25-24(28)16-12-13-21-19(14-16)17-8-4-6-10-20(17)26-21/h5,7,9,11-14,22,26H,4,6,8,10,15H2,1-3H3,(H,25,28)/t22-/m1/s1. The molecule has 0 aliphatic heterocycles. The predicted molar refractivity (Wildman–Crippen MR) is 117 cm³/mol. The summed E-state index contributed by atoms with van der Waals surface area (Å²) < 4.78 is 5.52. The van der Waals surface area contributed by atoms with E-state index in [0.717, 1.165) is 29.7 Å². The smallest absolute Gasteiger partial charge is 0.251 e. The van der Waals surface area contributed by atoms with Gasteiger partial charge in [0.25, 0.3) is 5.91 Å². The van der Waals surface area contributed by atoms with Gasteiger partial charge in [-0.15, -0.1) is 0 Å². The fourth-order valence-corrected chi connectivity index (χ4v) is 4.35. The first-order chi connectivity index (χ1) is 14.1. The Hall–Kier alpha value is -2.79. The number of likely N-dealkylation sites (N-methyl/N-ethyl adjacent to an activating group) is 1. The second kappa shape index (κ2) is 8.29. The van der Waals surface area contributed by atoms with Gasteiger partial charge in [-0.25, -0.2) is 0 Å². The molecule has 0 spiro atoms. The van der Waals surface area contributed by atoms with Crippen LogP contribution in [0.4, 0.5) is 0 Å². The van der Waals surface area contributed by atoms with Crippen molar-refractivity contribution in [1.82, 2.24) is 15.2 Å². The van der Waals surface area contributed by atoms with E-state index in [1.165, 1.54) is 29.5 Å². The molecule has 0 unspecified atom stereocenters. The number of nitrogens with zero attached hydrogens (tertiary/aromatic N) is 1. The van der Waals surface area contributed by atoms with Gasteiger partial charge in [-0.2, -0.15) is 0 Å². The quantitative estimate of drug-likeness (QED) is 0.665. The molecule has 4 rings (SSSR count). The average molecular weight is 392 g/mol. The first-order valence-electron chi connectivity index (χ1n) is 10.3. The van der Waals surface area contributed by atoms with Crippen molar-refractivity contribution in [3.8, 4) is 5.75 Å². The highest BCUT2D eigenvalue weighted by molar-refractivity contribution is 5.99. The summed E-state index contributed by atoms with van der Waals surface area (Å²) in [6.45, 7) is 0.509. The highest BCUT2D eigenvalue weighted by atomic mass is 16.5. The lowest BCUT2D eigenvalue weighted by molar-refractivity contribution is 0.0941. The van der Waals surface area contributed by atoms with Gasteiger partial charge in [0.15, 0.2) is 0 Å². The second-order valence-corrected chi connectivity index (χ2v) is 7.98. The van der Waals surface area contributed by atoms with Gasteiger partial charge in [0.1, 0.15) is 5.75 Å². The number of ether oxygens (including phenoxy) is 1. The molecule has 1 aliphatic rings. The number of carbonyl (C=O) groups excluding carboxylic acids is 1. The molecule has 29 heavy (non-hydrogen) atoms. The average Bonchev–Trinajstić information content (AvgIpc) is 3.11. The van der Waals surface area contributed by atoms with E-state index in [4.69, 9.17) is 4.74 Å². The van der Waals surface area contributed by atoms with Gasteiger partial charge in [0.2, 0.25) is 0 Å². The van der Waals surface area contributed by atoms with E-state index < -0.39 is 0 Å². The fraction of sp³-hybridized carbons (Fsp3) is 0.375. The number of rotatable bonds is 6. The van der Waals surface area contributed by atoms with Crippen molar-refractivity contribution in [1.29, 1.82) is 0 Å². The lowest BCUT2D eigenvalue weighted by Gasteiger charge is -2.26. The number of carbonyl (C=O) groups is 1. The predicted octanol–water partition coefficient (Wildman–Crippen LogP) is 4.09. The molecule has 1 atom stereocenters. The van der Waals surface area contributed by atoms with Gasteiger partial charge in [0, 0.05) is 34.3 Å². The summed E-state index contributed by atoms with van der Waals surface area (Å²) >= 11 is 0. The Labute approximate surface area is 172 Å². The van der Waals surface area contributed by atoms with Gasteiger partial charge >= 0.3 is 0 Å². The number of hydrogen-bond donors (Lipinski definition) is 2. The van der Waals surface area contributed by atoms with E-state index in [9.17, 15) is 4.79 Å². The number of nitrogens with one attached hydrogen (secondary N) is 2. The number of aromatic nitrogens is 1. The molecule has 5 heteroatoms. The Bertz CT molecular complexity index is 1020. The monoisotopic (exact) mass is 391 g/mol. The molecule has 1 heterocycles. The maximum atomic E-state index is 12.9. The van der Waals surface area contributed by atoms with Crippen LogP contribution in [0, 0.1) is 0 Å². The van der Waals surface area contributed by atoms with Crippen LogP contribution in [0.2, 0.25) is 0 Å². The molecule has 1 aromatic heterocycles. The van der Waals surface area contributed by atoms with E-state index in [2.05, 4.69) is 15.2 Å². The molecule has 3 aromatic rings. The number of fused-ring (bicyclic) bond motifs is 3. The van der Waals surface area contributed by atoms with Crippen molar-refractivity contribution >= 4 is 16.8 Å². The molecule has 0 bridgehead atoms. The van der Waals surface area contributed by atoms with Gasteiger partial charge in [-0.05, 0) is 69.6 Å². The Morgan fingerprint density at radius 3 is 2.76 bits per heavy atom. The van der Waals surface area contributed by atoms with Crippen molar-refractivity contribution in [2.45, 2.75) is 31.7 Å². The van der Waals surface area contributed by atoms with Crippen molar-refractivity contribution in [2.75, 3.05) is 27.7 Å². The van der Waals surface area contributed by atoms with E-state index >= 15 is 0 Å². The van der Waals surface area contributed by atoms with Crippen LogP contribution in [0.25, 0.3) is 10.9 Å². The Kier molecular flexibility index (Phi) is 5.58. The molecular weight excluding hydrogens is 362 g/mol. The van der Waals surface area contributed by atoms with Crippen LogP contribution in [-0.4, -0.2) is 43.5 Å². The lowest BCUT2D eigenvalue weighted by atomic mass is 9.95. The number of methoxy groups -OCH3 is 1. The van der Waals surface area contributed by atoms with E-state index in [-0.39, 0.29) is 11.9 Å². The van der Waals surface area contributed by atoms with Crippen LogP contribution in [0.3, 0.4) is 0 Å². The summed E-state index contributed by atoms with van der Waals surface area (Å²) in [7, 11) is 5.71. The molecule has 0 saturated heterocycles. The van der Waals surface area contributed by atoms with Gasteiger partial charge < -0.3 is 19.9 Å². The highest BCUT2D eigenvalue weighted by Gasteiger charge is 2.20. The highest BCUT2D eigenvalue weighted by Crippen LogP contribution is 2.30. The van der Waals surface area contributed by atoms with E-state index in [1.807, 2.05) is 56.6 Å². The van der Waals surface area contributed by atoms with Crippen molar-refractivity contribution in [3.63, 3.8) is 0 Å². The lowest BCUT2D eigenvalue weighted by Crippen LogP contribution is -2.34. The third-order valence-corrected chi connectivity index (χ3v) is 5.94. The van der Waals surface area contributed by atoms with Crippen molar-refractivity contribution in [3.05, 3.63) is 64.8 Å². The molecule has 0 radical (unpaired) electrons. The van der Waals surface area contributed by atoms with E-state index in [1.54, 1.807) is 7.11 Å². The number of H-pyrrole nitrogens is 1. The Morgan fingerprint density at radius 1 is 1.17 bits per heavy atom. The minimum absolute atomic E-state index is 0.0267. The molecule has 0 fully saturated rings. The summed E-state index contributed by atoms with van der Waals surface area (Å²) in [6.07, 6.45) is 4.66. The van der Waals surface area contributed by atoms with Crippen LogP contribution >= 0.6 is 0 Å². The summed E-state index contributed by atoms with van der Waals surface area (Å²) in [4.78, 5) is 18.6. The Balaban J connectivity index is 1.54. The normalized spacial score (nSPS) is 14.6. The first kappa shape index (κ1) is 19.5. The van der Waals surface area contributed by atoms with Gasteiger partial charge in [-0.1, -0.05) is 18.2 Å². The number of para-hydroxylation sites is 1. The molecule has 2 aromatic carbocycles. The summed E-state index contributed by atoms with van der Waals surface area (Å²) in [5.74, 6) is 0.792. The van der Waals surface area contributed by atoms with Crippen molar-refractivity contribution in [2.24, 2.45) is 0 Å². The number of amides is 1. The topological polar surface area (TPSA) is 57.4 Å². The molecule has 1 amide bonds. The fourth-order valence-electron chi connectivity index (χ4n) is 4.35. The van der Waals surface area contributed by atoms with Crippen LogP contribution in [0.1, 0.15) is 46.1 Å². The van der Waals surface area contributed by atoms with E-state index in [0.29, 0.717) is 12.1 Å². The number of benzene rings is 2. The molecule has 1 aliphatic carbocycles. The minimum Gasteiger partial charge on any atom is -0.496 e. The third kappa shape index (κ3) is 3.87. The SMILES string of the molecule is COc1ccccc1[C@@H](CNC(=O)c1ccc2[nH]c3c(c2c1)CCCC3)N(C)C. The second-order valence-electron chi connectivity index (χ2n) is 7.98. The maximum Gasteiger partial charge on any atom is 0.251 e. The van der Waals surface area contributed by atoms with Crippen LogP contribution in [0.5, 0.6) is 5.75 Å². The zero-order valence-corrected chi connectivity index (χ0v) is 17.4. The molecule has 152 valence electrons. The largest absolute Gasteiger partial charge is 0.496 e. The summed E-state index contributed by atoms with van der Waals surface area (Å²) in [6, 6.07) is 14.0. The maximum absolute atomic E-state index is 12.9. The molecular formula is C24H29N3O2. The van der Waals surface area contributed by atoms with Crippen molar-refractivity contribution < 1.29 is 9.53 Å². The van der Waals surface area contributed by atoms with Gasteiger partial charge in [-0.3, -0.25) is 4.79 Å². The summed E-state index contributed by atoms with van der Waals surface area (Å²) in [5, 5.41) is 4.32. The molecule has 5 nitrogen and oxygen atoms in total. The first-order valence-corrected chi connectivity index (χ1v) is 10.3.